The van der Waals surface area contributed by atoms with Crippen LogP contribution < -0.4 is 0 Å². The van der Waals surface area contributed by atoms with E-state index in [0.717, 1.165) is 5.54 Å². The minimum Gasteiger partial charge on any atom is -0.382 e. The second-order valence-corrected chi connectivity index (χ2v) is 5.05. The molecule has 0 fully saturated rings. The largest absolute Gasteiger partial charge is 0.382 e. The highest BCUT2D eigenvalue weighted by molar-refractivity contribution is 6.37. The molecule has 0 radical (unpaired) electrons. The Labute approximate surface area is 109 Å². The van der Waals surface area contributed by atoms with Gasteiger partial charge in [0.2, 0.25) is 0 Å². The van der Waals surface area contributed by atoms with Crippen LogP contribution in [0.25, 0.3) is 0 Å². The van der Waals surface area contributed by atoms with Crippen molar-refractivity contribution in [2.24, 2.45) is 5.41 Å². The third-order valence-electron chi connectivity index (χ3n) is 2.80. The fourth-order valence-corrected chi connectivity index (χ4v) is 1.86. The maximum absolute atomic E-state index is 13.1. The average Bonchev–Trinajstić information content (AvgIpc) is 2.80. The third-order valence-corrected chi connectivity index (χ3v) is 3.55. The number of hydrogen-bond donors (Lipinski definition) is 1. The standard InChI is InChI=1S/C10H14Cl2FN3O/c1-9(2,4-13)10(17,8(12)3-11)5-16-7-14-6-15-16/h3,6-7,17H,4-5H2,1-2H3/b8-3-/t10-/m1/s1. The second-order valence-electron chi connectivity index (χ2n) is 4.43. The number of hydrogen-bond acceptors (Lipinski definition) is 3. The van der Waals surface area contributed by atoms with Crippen LogP contribution in [0.2, 0.25) is 0 Å². The highest BCUT2D eigenvalue weighted by Gasteiger charge is 2.47. The van der Waals surface area contributed by atoms with Crippen LogP contribution >= 0.6 is 23.2 Å². The Morgan fingerprint density at radius 2 is 2.24 bits per heavy atom. The third kappa shape index (κ3) is 2.78. The number of nitrogens with zero attached hydrogens (tertiary/aromatic N) is 3. The lowest BCUT2D eigenvalue weighted by atomic mass is 9.75. The summed E-state index contributed by atoms with van der Waals surface area (Å²) in [5, 5.41) is 14.4. The summed E-state index contributed by atoms with van der Waals surface area (Å²) in [6.45, 7) is 2.35. The molecule has 0 aliphatic rings. The molecule has 0 aliphatic heterocycles. The van der Waals surface area contributed by atoms with Crippen LogP contribution in [0.5, 0.6) is 0 Å². The Kier molecular flexibility index (Phi) is 4.52. The molecule has 0 spiro atoms. The summed E-state index contributed by atoms with van der Waals surface area (Å²) in [5.74, 6) is 0. The molecule has 1 atom stereocenters. The lowest BCUT2D eigenvalue weighted by molar-refractivity contribution is -0.0555. The number of halogens is 3. The Morgan fingerprint density at radius 3 is 2.65 bits per heavy atom. The zero-order valence-electron chi connectivity index (χ0n) is 9.57. The second kappa shape index (κ2) is 5.33. The Bertz CT molecular complexity index is 394. The zero-order valence-corrected chi connectivity index (χ0v) is 11.1. The van der Waals surface area contributed by atoms with E-state index in [1.54, 1.807) is 13.8 Å². The molecule has 96 valence electrons. The molecule has 17 heavy (non-hydrogen) atoms. The molecule has 1 aromatic heterocycles. The summed E-state index contributed by atoms with van der Waals surface area (Å²) in [7, 11) is 0. The van der Waals surface area contributed by atoms with Crippen molar-refractivity contribution in [3.63, 3.8) is 0 Å². The first-order valence-electron chi connectivity index (χ1n) is 4.94. The molecule has 1 N–H and O–H groups in total. The number of alkyl halides is 1. The van der Waals surface area contributed by atoms with Crippen molar-refractivity contribution in [1.29, 1.82) is 0 Å². The van der Waals surface area contributed by atoms with Gasteiger partial charge in [0, 0.05) is 11.0 Å². The van der Waals surface area contributed by atoms with E-state index in [-0.39, 0.29) is 11.6 Å². The van der Waals surface area contributed by atoms with Gasteiger partial charge in [-0.2, -0.15) is 5.10 Å². The predicted octanol–water partition coefficient (Wildman–Crippen LogP) is 2.32. The molecule has 1 heterocycles. The molecule has 0 saturated carbocycles. The predicted molar refractivity (Wildman–Crippen MR) is 64.5 cm³/mol. The molecule has 0 bridgehead atoms. The first-order valence-corrected chi connectivity index (χ1v) is 5.76. The van der Waals surface area contributed by atoms with Crippen molar-refractivity contribution in [1.82, 2.24) is 14.8 Å². The van der Waals surface area contributed by atoms with Gasteiger partial charge in [-0.05, 0) is 0 Å². The minimum absolute atomic E-state index is 0.0219. The Morgan fingerprint density at radius 1 is 1.59 bits per heavy atom. The Hall–Kier alpha value is -0.650. The smallest absolute Gasteiger partial charge is 0.137 e. The molecule has 0 aliphatic carbocycles. The van der Waals surface area contributed by atoms with E-state index in [2.05, 4.69) is 10.1 Å². The van der Waals surface area contributed by atoms with Crippen LogP contribution in [0.4, 0.5) is 4.39 Å². The SMILES string of the molecule is CC(C)(CF)[C@@](O)(Cn1cncn1)/C(Cl)=C/Cl. The van der Waals surface area contributed by atoms with Crippen LogP contribution in [0.1, 0.15) is 13.8 Å². The van der Waals surface area contributed by atoms with E-state index < -0.39 is 17.7 Å². The maximum Gasteiger partial charge on any atom is 0.137 e. The molecule has 0 saturated heterocycles. The van der Waals surface area contributed by atoms with Gasteiger partial charge in [0.25, 0.3) is 0 Å². The van der Waals surface area contributed by atoms with E-state index in [1.807, 2.05) is 0 Å². The zero-order chi connectivity index (χ0) is 13.1. The molecule has 1 aromatic rings. The lowest BCUT2D eigenvalue weighted by Gasteiger charge is -2.40. The minimum atomic E-state index is -1.64. The van der Waals surface area contributed by atoms with Gasteiger partial charge >= 0.3 is 0 Å². The number of aliphatic hydroxyl groups is 1. The van der Waals surface area contributed by atoms with Crippen molar-refractivity contribution in [3.05, 3.63) is 23.2 Å². The summed E-state index contributed by atoms with van der Waals surface area (Å²) in [6, 6.07) is 0. The summed E-state index contributed by atoms with van der Waals surface area (Å²) in [4.78, 5) is 3.75. The number of rotatable bonds is 5. The number of aromatic nitrogens is 3. The van der Waals surface area contributed by atoms with Crippen LogP contribution in [0.3, 0.4) is 0 Å². The van der Waals surface area contributed by atoms with E-state index >= 15 is 0 Å². The fraction of sp³-hybridized carbons (Fsp3) is 0.600. The van der Waals surface area contributed by atoms with Gasteiger partial charge in [-0.3, -0.25) is 4.39 Å². The van der Waals surface area contributed by atoms with E-state index in [1.165, 1.54) is 17.3 Å². The summed E-state index contributed by atoms with van der Waals surface area (Å²) in [6.07, 6.45) is 2.73. The monoisotopic (exact) mass is 281 g/mol. The molecular formula is C10H14Cl2FN3O. The van der Waals surface area contributed by atoms with Crippen molar-refractivity contribution >= 4 is 23.2 Å². The molecule has 0 aromatic carbocycles. The highest BCUT2D eigenvalue weighted by Crippen LogP contribution is 2.40. The highest BCUT2D eigenvalue weighted by atomic mass is 35.5. The van der Waals surface area contributed by atoms with Gasteiger partial charge in [0.1, 0.15) is 18.3 Å². The maximum atomic E-state index is 13.1. The van der Waals surface area contributed by atoms with Gasteiger partial charge in [-0.1, -0.05) is 37.0 Å². The van der Waals surface area contributed by atoms with E-state index in [4.69, 9.17) is 23.2 Å². The molecular weight excluding hydrogens is 268 g/mol. The quantitative estimate of drug-likeness (QED) is 0.901. The van der Waals surface area contributed by atoms with Crippen LogP contribution in [-0.2, 0) is 6.54 Å². The van der Waals surface area contributed by atoms with Crippen molar-refractivity contribution < 1.29 is 9.50 Å². The van der Waals surface area contributed by atoms with Gasteiger partial charge in [0.05, 0.1) is 18.3 Å². The van der Waals surface area contributed by atoms with Gasteiger partial charge in [0.15, 0.2) is 0 Å². The van der Waals surface area contributed by atoms with E-state index in [0.29, 0.717) is 0 Å². The Balaban J connectivity index is 3.11. The molecule has 7 heteroatoms. The average molecular weight is 282 g/mol. The van der Waals surface area contributed by atoms with Gasteiger partial charge < -0.3 is 5.11 Å². The van der Waals surface area contributed by atoms with E-state index in [9.17, 15) is 9.50 Å². The van der Waals surface area contributed by atoms with Crippen molar-refractivity contribution in [3.8, 4) is 0 Å². The van der Waals surface area contributed by atoms with Crippen LogP contribution in [0.15, 0.2) is 23.2 Å². The summed E-state index contributed by atoms with van der Waals surface area (Å²) < 4.78 is 14.4. The molecule has 1 rings (SSSR count). The molecule has 0 amide bonds. The normalized spacial score (nSPS) is 16.9. The van der Waals surface area contributed by atoms with Gasteiger partial charge in [-0.25, -0.2) is 9.67 Å². The lowest BCUT2D eigenvalue weighted by Crippen LogP contribution is -2.50. The van der Waals surface area contributed by atoms with Crippen LogP contribution in [-0.4, -0.2) is 32.1 Å². The first kappa shape index (κ1) is 14.4. The molecule has 0 unspecified atom stereocenters. The van der Waals surface area contributed by atoms with Crippen LogP contribution in [0, 0.1) is 5.41 Å². The topological polar surface area (TPSA) is 50.9 Å². The van der Waals surface area contributed by atoms with Crippen molar-refractivity contribution in [2.75, 3.05) is 6.67 Å². The fourth-order valence-electron chi connectivity index (χ4n) is 1.36. The summed E-state index contributed by atoms with van der Waals surface area (Å²) in [5.41, 5.74) is -1.70. The van der Waals surface area contributed by atoms with Gasteiger partial charge in [-0.15, -0.1) is 0 Å². The summed E-state index contributed by atoms with van der Waals surface area (Å²) >= 11 is 11.4. The molecule has 4 nitrogen and oxygen atoms in total. The van der Waals surface area contributed by atoms with Crippen molar-refractivity contribution in [2.45, 2.75) is 26.0 Å². The first-order chi connectivity index (χ1) is 7.87.